The Labute approximate surface area is 99.0 Å². The van der Waals surface area contributed by atoms with E-state index >= 15 is 0 Å². The lowest BCUT2D eigenvalue weighted by molar-refractivity contribution is 0.0992. The van der Waals surface area contributed by atoms with Crippen molar-refractivity contribution in [2.75, 3.05) is 31.7 Å². The lowest BCUT2D eigenvalue weighted by Gasteiger charge is -2.09. The van der Waals surface area contributed by atoms with E-state index in [1.165, 1.54) is 0 Å². The van der Waals surface area contributed by atoms with Gasteiger partial charge in [-0.05, 0) is 12.1 Å². The fourth-order valence-electron chi connectivity index (χ4n) is 1.06. The van der Waals surface area contributed by atoms with E-state index in [1.54, 1.807) is 6.07 Å². The maximum Gasteiger partial charge on any atom is 0.0823 e. The van der Waals surface area contributed by atoms with Crippen LogP contribution < -0.4 is 5.32 Å². The summed E-state index contributed by atoms with van der Waals surface area (Å²) in [7, 11) is 0. The Hall–Kier alpha value is -0.480. The first-order valence-electron chi connectivity index (χ1n) is 4.62. The van der Waals surface area contributed by atoms with Crippen molar-refractivity contribution < 1.29 is 9.84 Å². The molecular weight excluding hydrogens is 237 g/mol. The molecule has 3 nitrogen and oxygen atoms in total. The summed E-state index contributed by atoms with van der Waals surface area (Å²) in [6.07, 6.45) is 0. The van der Waals surface area contributed by atoms with Crippen LogP contribution in [0.1, 0.15) is 0 Å². The molecule has 2 N–H and O–H groups in total. The van der Waals surface area contributed by atoms with E-state index in [4.69, 9.17) is 33.0 Å². The highest BCUT2D eigenvalue weighted by atomic mass is 35.5. The summed E-state index contributed by atoms with van der Waals surface area (Å²) in [4.78, 5) is 0. The Balaban J connectivity index is 2.34. The number of aliphatic hydroxyl groups is 1. The second-order valence-electron chi connectivity index (χ2n) is 2.86. The first-order valence-corrected chi connectivity index (χ1v) is 5.38. The van der Waals surface area contributed by atoms with Gasteiger partial charge in [-0.15, -0.1) is 0 Å². The molecule has 0 spiro atoms. The van der Waals surface area contributed by atoms with E-state index in [-0.39, 0.29) is 6.61 Å². The minimum absolute atomic E-state index is 0.0396. The number of rotatable bonds is 6. The number of benzene rings is 1. The van der Waals surface area contributed by atoms with Crippen molar-refractivity contribution in [1.29, 1.82) is 0 Å². The normalized spacial score (nSPS) is 10.3. The third-order valence-corrected chi connectivity index (χ3v) is 2.57. The molecule has 1 aromatic carbocycles. The molecule has 0 saturated carbocycles. The molecule has 0 heterocycles. The monoisotopic (exact) mass is 249 g/mol. The minimum atomic E-state index is 0.0396. The van der Waals surface area contributed by atoms with E-state index < -0.39 is 0 Å². The van der Waals surface area contributed by atoms with Gasteiger partial charge in [0.25, 0.3) is 0 Å². The summed E-state index contributed by atoms with van der Waals surface area (Å²) in [5.41, 5.74) is 0.789. The lowest BCUT2D eigenvalue weighted by atomic mass is 10.3. The molecule has 0 aliphatic heterocycles. The number of anilines is 1. The molecule has 0 unspecified atom stereocenters. The van der Waals surface area contributed by atoms with E-state index in [2.05, 4.69) is 5.32 Å². The number of halogens is 2. The fourth-order valence-corrected chi connectivity index (χ4v) is 1.43. The van der Waals surface area contributed by atoms with Crippen LogP contribution in [0.15, 0.2) is 18.2 Å². The van der Waals surface area contributed by atoms with Crippen LogP contribution in [0.2, 0.25) is 10.0 Å². The number of ether oxygens (including phenoxy) is 1. The standard InChI is InChI=1S/C10H13Cl2NO2/c11-8-2-1-3-9(10(8)12)13-4-6-15-7-5-14/h1-3,13-14H,4-7H2. The summed E-state index contributed by atoms with van der Waals surface area (Å²) in [5.74, 6) is 0. The zero-order valence-corrected chi connectivity index (χ0v) is 9.68. The Morgan fingerprint density at radius 2 is 2.07 bits per heavy atom. The highest BCUT2D eigenvalue weighted by Crippen LogP contribution is 2.29. The zero-order chi connectivity index (χ0) is 11.1. The molecular formula is C10H13Cl2NO2. The highest BCUT2D eigenvalue weighted by Gasteiger charge is 2.02. The molecule has 5 heteroatoms. The number of hydrogen-bond acceptors (Lipinski definition) is 3. The Kier molecular flexibility index (Phi) is 5.79. The first-order chi connectivity index (χ1) is 7.25. The van der Waals surface area contributed by atoms with E-state index in [0.29, 0.717) is 29.8 Å². The van der Waals surface area contributed by atoms with Gasteiger partial charge in [-0.3, -0.25) is 0 Å². The Morgan fingerprint density at radius 1 is 1.27 bits per heavy atom. The van der Waals surface area contributed by atoms with Crippen molar-refractivity contribution in [3.05, 3.63) is 28.2 Å². The van der Waals surface area contributed by atoms with E-state index in [9.17, 15) is 0 Å². The SMILES string of the molecule is OCCOCCNc1cccc(Cl)c1Cl. The molecule has 84 valence electrons. The summed E-state index contributed by atoms with van der Waals surface area (Å²) in [5, 5.41) is 12.6. The van der Waals surface area contributed by atoms with Gasteiger partial charge >= 0.3 is 0 Å². The molecule has 15 heavy (non-hydrogen) atoms. The van der Waals surface area contributed by atoms with Gasteiger partial charge in [0.2, 0.25) is 0 Å². The average Bonchev–Trinajstić information content (AvgIpc) is 2.24. The lowest BCUT2D eigenvalue weighted by Crippen LogP contribution is -2.11. The summed E-state index contributed by atoms with van der Waals surface area (Å²) < 4.78 is 5.09. The van der Waals surface area contributed by atoms with Gasteiger partial charge < -0.3 is 15.2 Å². The van der Waals surface area contributed by atoms with Gasteiger partial charge in [0.05, 0.1) is 35.6 Å². The van der Waals surface area contributed by atoms with Gasteiger partial charge in [0.15, 0.2) is 0 Å². The number of nitrogens with one attached hydrogen (secondary N) is 1. The van der Waals surface area contributed by atoms with Crippen LogP contribution in [0.4, 0.5) is 5.69 Å². The molecule has 0 aromatic heterocycles. The average molecular weight is 250 g/mol. The summed E-state index contributed by atoms with van der Waals surface area (Å²) in [6.45, 7) is 1.53. The fraction of sp³-hybridized carbons (Fsp3) is 0.400. The van der Waals surface area contributed by atoms with Gasteiger partial charge in [-0.2, -0.15) is 0 Å². The molecule has 0 bridgehead atoms. The van der Waals surface area contributed by atoms with Crippen LogP contribution in [-0.2, 0) is 4.74 Å². The zero-order valence-electron chi connectivity index (χ0n) is 8.17. The third-order valence-electron chi connectivity index (χ3n) is 1.75. The molecule has 0 saturated heterocycles. The topological polar surface area (TPSA) is 41.5 Å². The number of hydrogen-bond donors (Lipinski definition) is 2. The van der Waals surface area contributed by atoms with Gasteiger partial charge in [-0.25, -0.2) is 0 Å². The molecule has 0 amide bonds. The maximum atomic E-state index is 8.48. The molecule has 0 aliphatic carbocycles. The minimum Gasteiger partial charge on any atom is -0.394 e. The van der Waals surface area contributed by atoms with Gasteiger partial charge in [0.1, 0.15) is 0 Å². The van der Waals surface area contributed by atoms with Crippen LogP contribution in [0.3, 0.4) is 0 Å². The van der Waals surface area contributed by atoms with Gasteiger partial charge in [0, 0.05) is 6.54 Å². The van der Waals surface area contributed by atoms with Crippen molar-refractivity contribution >= 4 is 28.9 Å². The molecule has 1 aromatic rings. The van der Waals surface area contributed by atoms with Crippen molar-refractivity contribution in [2.45, 2.75) is 0 Å². The first kappa shape index (κ1) is 12.6. The molecule has 1 rings (SSSR count). The number of aliphatic hydroxyl groups excluding tert-OH is 1. The van der Waals surface area contributed by atoms with Crippen molar-refractivity contribution in [2.24, 2.45) is 0 Å². The molecule has 0 aliphatic rings. The van der Waals surface area contributed by atoms with Crippen molar-refractivity contribution in [1.82, 2.24) is 0 Å². The van der Waals surface area contributed by atoms with Crippen LogP contribution in [0.5, 0.6) is 0 Å². The summed E-state index contributed by atoms with van der Waals surface area (Å²) >= 11 is 11.8. The third kappa shape index (κ3) is 4.26. The molecule has 0 radical (unpaired) electrons. The van der Waals surface area contributed by atoms with Crippen molar-refractivity contribution in [3.63, 3.8) is 0 Å². The predicted octanol–water partition coefficient (Wildman–Crippen LogP) is 2.41. The second kappa shape index (κ2) is 6.90. The molecule has 0 atom stereocenters. The van der Waals surface area contributed by atoms with Crippen LogP contribution in [-0.4, -0.2) is 31.5 Å². The summed E-state index contributed by atoms with van der Waals surface area (Å²) in [6, 6.07) is 5.41. The predicted molar refractivity (Wildman–Crippen MR) is 62.9 cm³/mol. The van der Waals surface area contributed by atoms with E-state index in [1.807, 2.05) is 12.1 Å². The highest BCUT2D eigenvalue weighted by molar-refractivity contribution is 6.43. The van der Waals surface area contributed by atoms with Crippen LogP contribution >= 0.6 is 23.2 Å². The smallest absolute Gasteiger partial charge is 0.0823 e. The Bertz CT molecular complexity index is 307. The van der Waals surface area contributed by atoms with E-state index in [0.717, 1.165) is 5.69 Å². The van der Waals surface area contributed by atoms with Crippen LogP contribution in [0, 0.1) is 0 Å². The maximum absolute atomic E-state index is 8.48. The van der Waals surface area contributed by atoms with Crippen molar-refractivity contribution in [3.8, 4) is 0 Å². The molecule has 0 fully saturated rings. The largest absolute Gasteiger partial charge is 0.394 e. The second-order valence-corrected chi connectivity index (χ2v) is 3.65. The quantitative estimate of drug-likeness (QED) is 0.762. The van der Waals surface area contributed by atoms with Crippen LogP contribution in [0.25, 0.3) is 0 Å². The van der Waals surface area contributed by atoms with Gasteiger partial charge in [-0.1, -0.05) is 29.3 Å². The Morgan fingerprint density at radius 3 is 2.80 bits per heavy atom.